The van der Waals surface area contributed by atoms with Gasteiger partial charge in [0, 0.05) is 12.2 Å². The first kappa shape index (κ1) is 17.0. The molecule has 1 saturated carbocycles. The Kier molecular flexibility index (Phi) is 4.58. The minimum absolute atomic E-state index is 0.198. The first-order chi connectivity index (χ1) is 12.7. The van der Waals surface area contributed by atoms with Gasteiger partial charge in [-0.1, -0.05) is 18.2 Å². The number of rotatable bonds is 4. The van der Waals surface area contributed by atoms with E-state index >= 15 is 0 Å². The monoisotopic (exact) mass is 351 g/mol. The van der Waals surface area contributed by atoms with Crippen LogP contribution in [0.1, 0.15) is 32.1 Å². The molecule has 4 rings (SSSR count). The molecular formula is C22H25NO3. The fraction of sp³-hybridized carbons (Fsp3) is 0.409. The van der Waals surface area contributed by atoms with Crippen molar-refractivity contribution in [2.24, 2.45) is 5.41 Å². The third-order valence-electron chi connectivity index (χ3n) is 5.83. The number of anilines is 1. The molecule has 0 atom stereocenters. The number of ether oxygens (including phenoxy) is 2. The largest absolute Gasteiger partial charge is 0.497 e. The molecule has 4 nitrogen and oxygen atoms in total. The molecule has 1 saturated heterocycles. The predicted molar refractivity (Wildman–Crippen MR) is 102 cm³/mol. The molecular weight excluding hydrogens is 326 g/mol. The van der Waals surface area contributed by atoms with Gasteiger partial charge in [-0.25, -0.2) is 0 Å². The Balaban J connectivity index is 1.40. The second-order valence-electron chi connectivity index (χ2n) is 7.32. The lowest BCUT2D eigenvalue weighted by molar-refractivity contribution is -0.128. The van der Waals surface area contributed by atoms with Crippen molar-refractivity contribution in [1.82, 2.24) is 0 Å². The summed E-state index contributed by atoms with van der Waals surface area (Å²) >= 11 is 0. The molecule has 1 aliphatic carbocycles. The van der Waals surface area contributed by atoms with Gasteiger partial charge in [0.25, 0.3) is 0 Å². The summed E-state index contributed by atoms with van der Waals surface area (Å²) in [5.41, 5.74) is 0.770. The van der Waals surface area contributed by atoms with Crippen LogP contribution in [0.2, 0.25) is 0 Å². The van der Waals surface area contributed by atoms with Crippen molar-refractivity contribution in [2.75, 3.05) is 18.6 Å². The lowest BCUT2D eigenvalue weighted by Gasteiger charge is -2.35. The number of hydrogen-bond donors (Lipinski definition) is 0. The maximum absolute atomic E-state index is 13.2. The van der Waals surface area contributed by atoms with E-state index in [4.69, 9.17) is 9.47 Å². The molecule has 2 aromatic carbocycles. The highest BCUT2D eigenvalue weighted by atomic mass is 16.5. The van der Waals surface area contributed by atoms with Gasteiger partial charge in [-0.15, -0.1) is 0 Å². The number of para-hydroxylation sites is 1. The third kappa shape index (κ3) is 3.16. The van der Waals surface area contributed by atoms with Gasteiger partial charge in [0.2, 0.25) is 5.91 Å². The average Bonchev–Trinajstić information content (AvgIpc) is 3.01. The molecule has 2 aromatic rings. The fourth-order valence-electron chi connectivity index (χ4n) is 4.25. The van der Waals surface area contributed by atoms with Crippen LogP contribution in [0.4, 0.5) is 5.69 Å². The number of hydrogen-bond acceptors (Lipinski definition) is 3. The van der Waals surface area contributed by atoms with E-state index in [1.807, 2.05) is 59.5 Å². The Bertz CT molecular complexity index is 749. The molecule has 136 valence electrons. The molecule has 0 radical (unpaired) electrons. The van der Waals surface area contributed by atoms with Gasteiger partial charge in [-0.2, -0.15) is 0 Å². The van der Waals surface area contributed by atoms with Crippen molar-refractivity contribution in [3.63, 3.8) is 0 Å². The van der Waals surface area contributed by atoms with Crippen LogP contribution in [-0.2, 0) is 4.79 Å². The smallest absolute Gasteiger partial charge is 0.233 e. The van der Waals surface area contributed by atoms with Gasteiger partial charge >= 0.3 is 0 Å². The molecule has 2 fully saturated rings. The maximum atomic E-state index is 13.2. The van der Waals surface area contributed by atoms with Gasteiger partial charge in [-0.05, 0) is 68.5 Å². The molecule has 26 heavy (non-hydrogen) atoms. The van der Waals surface area contributed by atoms with E-state index in [-0.39, 0.29) is 17.4 Å². The molecule has 0 bridgehead atoms. The summed E-state index contributed by atoms with van der Waals surface area (Å²) < 4.78 is 11.3. The minimum Gasteiger partial charge on any atom is -0.497 e. The zero-order chi connectivity index (χ0) is 18.0. The second-order valence-corrected chi connectivity index (χ2v) is 7.32. The van der Waals surface area contributed by atoms with E-state index in [1.54, 1.807) is 7.11 Å². The lowest BCUT2D eigenvalue weighted by Crippen LogP contribution is -2.39. The maximum Gasteiger partial charge on any atom is 0.233 e. The Morgan fingerprint density at radius 2 is 1.62 bits per heavy atom. The Morgan fingerprint density at radius 1 is 0.923 bits per heavy atom. The van der Waals surface area contributed by atoms with Crippen molar-refractivity contribution in [3.8, 4) is 11.5 Å². The molecule has 4 heteroatoms. The van der Waals surface area contributed by atoms with Gasteiger partial charge in [-0.3, -0.25) is 4.79 Å². The first-order valence-electron chi connectivity index (χ1n) is 9.38. The highest BCUT2D eigenvalue weighted by molar-refractivity contribution is 6.00. The molecule has 1 aliphatic heterocycles. The van der Waals surface area contributed by atoms with Crippen LogP contribution in [0.25, 0.3) is 0 Å². The van der Waals surface area contributed by atoms with E-state index in [0.717, 1.165) is 55.8 Å². The van der Waals surface area contributed by atoms with Crippen LogP contribution in [0, 0.1) is 5.41 Å². The zero-order valence-electron chi connectivity index (χ0n) is 15.2. The van der Waals surface area contributed by atoms with Gasteiger partial charge in [0.15, 0.2) is 0 Å². The summed E-state index contributed by atoms with van der Waals surface area (Å²) in [5.74, 6) is 2.01. The lowest BCUT2D eigenvalue weighted by atomic mass is 9.72. The normalized spacial score (nSPS) is 25.5. The summed E-state index contributed by atoms with van der Waals surface area (Å²) in [6.07, 6.45) is 4.86. The summed E-state index contributed by atoms with van der Waals surface area (Å²) in [6, 6.07) is 17.7. The van der Waals surface area contributed by atoms with Crippen LogP contribution in [0.5, 0.6) is 11.5 Å². The summed E-state index contributed by atoms with van der Waals surface area (Å²) in [5, 5.41) is 0. The summed E-state index contributed by atoms with van der Waals surface area (Å²) in [4.78, 5) is 15.1. The van der Waals surface area contributed by atoms with Crippen molar-refractivity contribution in [1.29, 1.82) is 0 Å². The molecule has 0 unspecified atom stereocenters. The summed E-state index contributed by atoms with van der Waals surface area (Å²) in [6.45, 7) is 0.801. The minimum atomic E-state index is -0.198. The van der Waals surface area contributed by atoms with E-state index in [2.05, 4.69) is 0 Å². The van der Waals surface area contributed by atoms with Gasteiger partial charge < -0.3 is 14.4 Å². The SMILES string of the molecule is COc1ccc(N2CCC3(CCC(Oc4ccccc4)CC3)C2=O)cc1. The standard InChI is InChI=1S/C22H25NO3/c1-25-18-9-7-17(8-10-18)23-16-15-22(21(23)24)13-11-20(12-14-22)26-19-5-3-2-4-6-19/h2-10,20H,11-16H2,1H3. The van der Waals surface area contributed by atoms with Gasteiger partial charge in [0.1, 0.15) is 11.5 Å². The predicted octanol–water partition coefficient (Wildman–Crippen LogP) is 4.44. The molecule has 2 aliphatic rings. The number of carbonyl (C=O) groups is 1. The second kappa shape index (κ2) is 7.02. The van der Waals surface area contributed by atoms with E-state index < -0.39 is 0 Å². The van der Waals surface area contributed by atoms with E-state index in [1.165, 1.54) is 0 Å². The van der Waals surface area contributed by atoms with Crippen molar-refractivity contribution in [2.45, 2.75) is 38.2 Å². The highest BCUT2D eigenvalue weighted by Crippen LogP contribution is 2.46. The van der Waals surface area contributed by atoms with Crippen LogP contribution in [-0.4, -0.2) is 25.7 Å². The Labute approximate surface area is 154 Å². The Hall–Kier alpha value is -2.49. The summed E-state index contributed by atoms with van der Waals surface area (Å²) in [7, 11) is 1.65. The van der Waals surface area contributed by atoms with Crippen LogP contribution >= 0.6 is 0 Å². The quantitative estimate of drug-likeness (QED) is 0.817. The zero-order valence-corrected chi connectivity index (χ0v) is 15.2. The van der Waals surface area contributed by atoms with E-state index in [0.29, 0.717) is 0 Å². The number of carbonyl (C=O) groups excluding carboxylic acids is 1. The molecule has 1 heterocycles. The highest BCUT2D eigenvalue weighted by Gasteiger charge is 2.49. The van der Waals surface area contributed by atoms with Crippen molar-refractivity contribution in [3.05, 3.63) is 54.6 Å². The van der Waals surface area contributed by atoms with Crippen LogP contribution in [0.15, 0.2) is 54.6 Å². The first-order valence-corrected chi connectivity index (χ1v) is 9.38. The fourth-order valence-corrected chi connectivity index (χ4v) is 4.25. The molecule has 0 aromatic heterocycles. The van der Waals surface area contributed by atoms with Crippen molar-refractivity contribution < 1.29 is 14.3 Å². The number of amides is 1. The number of nitrogens with zero attached hydrogens (tertiary/aromatic N) is 1. The topological polar surface area (TPSA) is 38.8 Å². The van der Waals surface area contributed by atoms with Crippen molar-refractivity contribution >= 4 is 11.6 Å². The van der Waals surface area contributed by atoms with E-state index in [9.17, 15) is 4.79 Å². The molecule has 1 amide bonds. The molecule has 0 N–H and O–H groups in total. The van der Waals surface area contributed by atoms with Gasteiger partial charge in [0.05, 0.1) is 18.6 Å². The molecule has 1 spiro atoms. The van der Waals surface area contributed by atoms with Crippen LogP contribution < -0.4 is 14.4 Å². The van der Waals surface area contributed by atoms with Crippen LogP contribution in [0.3, 0.4) is 0 Å². The number of benzene rings is 2. The average molecular weight is 351 g/mol. The Morgan fingerprint density at radius 3 is 2.27 bits per heavy atom. The number of methoxy groups -OCH3 is 1. The third-order valence-corrected chi connectivity index (χ3v) is 5.83.